The lowest BCUT2D eigenvalue weighted by Crippen LogP contribution is -2.53. The average molecular weight is 676 g/mol. The third kappa shape index (κ3) is 6.04. The first-order chi connectivity index (χ1) is 22.6. The smallest absolute Gasteiger partial charge is 0.414 e. The summed E-state index contributed by atoms with van der Waals surface area (Å²) in [6, 6.07) is 14.3. The predicted octanol–water partition coefficient (Wildman–Crippen LogP) is 6.07. The van der Waals surface area contributed by atoms with Crippen LogP contribution in [0.2, 0.25) is 0 Å². The van der Waals surface area contributed by atoms with Crippen molar-refractivity contribution in [1.82, 2.24) is 14.9 Å². The number of hydrogen-bond acceptors (Lipinski definition) is 11. The molecular formula is C32H29N5O8S2. The molecule has 2 aromatic heterocycles. The molecule has 13 nitrogen and oxygen atoms in total. The number of benzene rings is 2. The summed E-state index contributed by atoms with van der Waals surface area (Å²) in [5.41, 5.74) is 2.26. The first-order valence-electron chi connectivity index (χ1n) is 14.4. The SMILES string of the molecule is COc1cc2c(cc1OC)N(C(=O)O)[C@@H](O)[C@@H]1[C@H](CC(C)SSc3ccc([N+](=O)[O-])cn3)C(c3ccc4ncccc4c3)=CN1C2=O. The molecule has 2 amide bonds. The van der Waals surface area contributed by atoms with Gasteiger partial charge < -0.3 is 24.6 Å². The van der Waals surface area contributed by atoms with Gasteiger partial charge in [0.1, 0.15) is 11.2 Å². The van der Waals surface area contributed by atoms with Crippen molar-refractivity contribution in [3.05, 3.63) is 94.4 Å². The lowest BCUT2D eigenvalue weighted by atomic mass is 9.85. The number of ether oxygens (including phenoxy) is 2. The van der Waals surface area contributed by atoms with Crippen molar-refractivity contribution in [3.63, 3.8) is 0 Å². The minimum atomic E-state index is -1.64. The largest absolute Gasteiger partial charge is 0.493 e. The summed E-state index contributed by atoms with van der Waals surface area (Å²) >= 11 is 0. The second kappa shape index (κ2) is 13.1. The Kier molecular flexibility index (Phi) is 8.94. The molecule has 2 aliphatic rings. The lowest BCUT2D eigenvalue weighted by molar-refractivity contribution is -0.385. The quantitative estimate of drug-likeness (QED) is 0.119. The number of aliphatic hydroxyl groups is 1. The van der Waals surface area contributed by atoms with Gasteiger partial charge in [0.15, 0.2) is 17.7 Å². The number of fused-ring (bicyclic) bond motifs is 3. The number of aromatic nitrogens is 2. The summed E-state index contributed by atoms with van der Waals surface area (Å²) in [5, 5.41) is 34.7. The summed E-state index contributed by atoms with van der Waals surface area (Å²) < 4.78 is 10.8. The molecule has 0 spiro atoms. The molecule has 4 atom stereocenters. The second-order valence-electron chi connectivity index (χ2n) is 10.9. The van der Waals surface area contributed by atoms with Crippen LogP contribution in [0.4, 0.5) is 16.2 Å². The number of amides is 2. The molecule has 0 aliphatic carbocycles. The minimum absolute atomic E-state index is 0.0187. The van der Waals surface area contributed by atoms with Crippen molar-refractivity contribution in [2.45, 2.75) is 35.9 Å². The third-order valence-electron chi connectivity index (χ3n) is 8.17. The molecule has 0 radical (unpaired) electrons. The number of carbonyl (C=O) groups excluding carboxylic acids is 1. The zero-order chi connectivity index (χ0) is 33.4. The average Bonchev–Trinajstić information content (AvgIpc) is 3.41. The molecule has 0 bridgehead atoms. The molecule has 2 aromatic carbocycles. The number of carboxylic acid groups (broad SMARTS) is 1. The van der Waals surface area contributed by atoms with Crippen LogP contribution in [-0.2, 0) is 0 Å². The maximum Gasteiger partial charge on any atom is 0.414 e. The van der Waals surface area contributed by atoms with E-state index in [2.05, 4.69) is 9.97 Å². The summed E-state index contributed by atoms with van der Waals surface area (Å²) in [6.45, 7) is 1.98. The summed E-state index contributed by atoms with van der Waals surface area (Å²) in [5.74, 6) is -0.558. The fourth-order valence-electron chi connectivity index (χ4n) is 6.01. The number of nitro groups is 1. The van der Waals surface area contributed by atoms with E-state index in [-0.39, 0.29) is 33.7 Å². The molecule has 47 heavy (non-hydrogen) atoms. The van der Waals surface area contributed by atoms with Gasteiger partial charge in [-0.05, 0) is 58.7 Å². The summed E-state index contributed by atoms with van der Waals surface area (Å²) in [4.78, 5) is 48.4. The van der Waals surface area contributed by atoms with E-state index in [4.69, 9.17) is 9.47 Å². The number of rotatable bonds is 9. The topological polar surface area (TPSA) is 168 Å². The molecular weight excluding hydrogens is 647 g/mol. The molecule has 4 aromatic rings. The zero-order valence-corrected chi connectivity index (χ0v) is 27.0. The van der Waals surface area contributed by atoms with E-state index in [0.29, 0.717) is 11.4 Å². The van der Waals surface area contributed by atoms with Gasteiger partial charge in [-0.2, -0.15) is 0 Å². The number of aliphatic hydroxyl groups excluding tert-OH is 1. The van der Waals surface area contributed by atoms with Gasteiger partial charge in [-0.25, -0.2) is 14.7 Å². The Hall–Kier alpha value is -4.86. The van der Waals surface area contributed by atoms with E-state index >= 15 is 0 Å². The predicted molar refractivity (Wildman–Crippen MR) is 178 cm³/mol. The number of methoxy groups -OCH3 is 2. The van der Waals surface area contributed by atoms with E-state index in [1.54, 1.807) is 18.5 Å². The molecule has 0 saturated carbocycles. The molecule has 242 valence electrons. The monoisotopic (exact) mass is 675 g/mol. The van der Waals surface area contributed by atoms with Gasteiger partial charge in [-0.3, -0.25) is 19.9 Å². The Labute approximate surface area is 276 Å². The van der Waals surface area contributed by atoms with Gasteiger partial charge in [0.05, 0.1) is 42.0 Å². The number of nitrogens with zero attached hydrogens (tertiary/aromatic N) is 5. The molecule has 6 rings (SSSR count). The van der Waals surface area contributed by atoms with Gasteiger partial charge in [-0.1, -0.05) is 29.9 Å². The van der Waals surface area contributed by atoms with E-state index in [1.165, 1.54) is 65.1 Å². The highest BCUT2D eigenvalue weighted by atomic mass is 33.1. The van der Waals surface area contributed by atoms with Crippen molar-refractivity contribution < 1.29 is 34.2 Å². The van der Waals surface area contributed by atoms with E-state index in [1.807, 2.05) is 37.3 Å². The van der Waals surface area contributed by atoms with Crippen molar-refractivity contribution in [2.75, 3.05) is 19.1 Å². The lowest BCUT2D eigenvalue weighted by Gasteiger charge is -2.35. The molecule has 0 saturated heterocycles. The summed E-state index contributed by atoms with van der Waals surface area (Å²) in [6.07, 6.45) is 1.96. The second-order valence-corrected chi connectivity index (χ2v) is 13.6. The van der Waals surface area contributed by atoms with E-state index in [9.17, 15) is 29.9 Å². The maximum absolute atomic E-state index is 14.3. The Morgan fingerprint density at radius 1 is 1.11 bits per heavy atom. The Morgan fingerprint density at radius 3 is 2.55 bits per heavy atom. The zero-order valence-electron chi connectivity index (χ0n) is 25.3. The van der Waals surface area contributed by atoms with Crippen LogP contribution in [0.1, 0.15) is 29.3 Å². The fourth-order valence-corrected chi connectivity index (χ4v) is 8.10. The maximum atomic E-state index is 14.3. The molecule has 2 aliphatic heterocycles. The fraction of sp³-hybridized carbons (Fsp3) is 0.250. The van der Waals surface area contributed by atoms with Crippen LogP contribution < -0.4 is 14.4 Å². The molecule has 2 N–H and O–H groups in total. The van der Waals surface area contributed by atoms with Crippen molar-refractivity contribution >= 4 is 61.4 Å². The molecule has 4 heterocycles. The first-order valence-corrected chi connectivity index (χ1v) is 16.6. The minimum Gasteiger partial charge on any atom is -0.493 e. The Bertz CT molecular complexity index is 1910. The van der Waals surface area contributed by atoms with Gasteiger partial charge in [-0.15, -0.1) is 0 Å². The molecule has 0 fully saturated rings. The highest BCUT2D eigenvalue weighted by Gasteiger charge is 2.50. The van der Waals surface area contributed by atoms with Crippen LogP contribution in [0.25, 0.3) is 16.5 Å². The Morgan fingerprint density at radius 2 is 1.87 bits per heavy atom. The van der Waals surface area contributed by atoms with Gasteiger partial charge in [0, 0.05) is 41.1 Å². The van der Waals surface area contributed by atoms with E-state index < -0.39 is 35.1 Å². The number of anilines is 1. The van der Waals surface area contributed by atoms with Crippen molar-refractivity contribution in [2.24, 2.45) is 5.92 Å². The highest BCUT2D eigenvalue weighted by molar-refractivity contribution is 8.76. The standard InChI is InChI=1S/C32H29N5O8S2/c1-17(46-47-28-9-7-20(15-34-28)37(42)43)11-21-23(18-6-8-24-19(12-18)5-4-10-33-24)16-35-29(21)31(39)36(32(40)41)25-14-27(45-3)26(44-2)13-22(25)30(35)38/h4-10,12-17,21,29,31,39H,11H2,1-3H3,(H,40,41)/t17?,21-,29+,31+/m1/s1. The van der Waals surface area contributed by atoms with Gasteiger partial charge in [0.25, 0.3) is 11.6 Å². The Balaban J connectivity index is 1.40. The number of carbonyl (C=O) groups is 2. The van der Waals surface area contributed by atoms with Crippen LogP contribution >= 0.6 is 21.6 Å². The van der Waals surface area contributed by atoms with Gasteiger partial charge >= 0.3 is 6.09 Å². The first kappa shape index (κ1) is 32.1. The highest BCUT2D eigenvalue weighted by Crippen LogP contribution is 2.48. The van der Waals surface area contributed by atoms with Gasteiger partial charge in [0.2, 0.25) is 0 Å². The number of hydrogen-bond donors (Lipinski definition) is 2. The van der Waals surface area contributed by atoms with Crippen molar-refractivity contribution in [1.29, 1.82) is 0 Å². The van der Waals surface area contributed by atoms with E-state index in [0.717, 1.165) is 26.9 Å². The molecule has 15 heteroatoms. The van der Waals surface area contributed by atoms with Crippen LogP contribution in [0.3, 0.4) is 0 Å². The van der Waals surface area contributed by atoms with Crippen LogP contribution in [-0.4, -0.2) is 73.7 Å². The molecule has 1 unspecified atom stereocenters. The van der Waals surface area contributed by atoms with Crippen LogP contribution in [0.5, 0.6) is 11.5 Å². The van der Waals surface area contributed by atoms with Crippen LogP contribution in [0, 0.1) is 16.0 Å². The van der Waals surface area contributed by atoms with Crippen molar-refractivity contribution in [3.8, 4) is 11.5 Å². The summed E-state index contributed by atoms with van der Waals surface area (Å²) in [7, 11) is 5.64. The number of pyridine rings is 2. The van der Waals surface area contributed by atoms with Crippen LogP contribution in [0.15, 0.2) is 78.2 Å². The normalized spacial score (nSPS) is 19.4. The third-order valence-corrected chi connectivity index (χ3v) is 11.0.